The monoisotopic (exact) mass is 228 g/mol. The normalized spacial score (nSPS) is 10.6. The first-order chi connectivity index (χ1) is 7.27. The van der Waals surface area contributed by atoms with Crippen LogP contribution in [0.1, 0.15) is 26.1 Å². The average Bonchev–Trinajstić information content (AvgIpc) is 2.67. The lowest BCUT2D eigenvalue weighted by Crippen LogP contribution is -2.28. The van der Waals surface area contributed by atoms with Crippen molar-refractivity contribution in [1.82, 2.24) is 14.7 Å². The smallest absolute Gasteiger partial charge is 0.204 e. The van der Waals surface area contributed by atoms with Gasteiger partial charge in [-0.1, -0.05) is 13.8 Å². The minimum Gasteiger partial charge on any atom is -0.349 e. The van der Waals surface area contributed by atoms with Gasteiger partial charge >= 0.3 is 0 Å². The first-order valence-electron chi connectivity index (χ1n) is 5.52. The lowest BCUT2D eigenvalue weighted by molar-refractivity contribution is 0.704. The third kappa shape index (κ3) is 4.13. The third-order valence-electron chi connectivity index (χ3n) is 2.13. The van der Waals surface area contributed by atoms with Crippen molar-refractivity contribution >= 4 is 16.7 Å². The Bertz CT molecular complexity index is 274. The molecular weight excluding hydrogens is 208 g/mol. The van der Waals surface area contributed by atoms with Crippen LogP contribution in [0.3, 0.4) is 0 Å². The van der Waals surface area contributed by atoms with Crippen molar-refractivity contribution in [3.05, 3.63) is 5.82 Å². The minimum atomic E-state index is 0.979. The Kier molecular flexibility index (Phi) is 5.57. The van der Waals surface area contributed by atoms with E-state index < -0.39 is 0 Å². The summed E-state index contributed by atoms with van der Waals surface area (Å²) in [5, 5.41) is 4.32. The van der Waals surface area contributed by atoms with E-state index in [0.717, 1.165) is 43.4 Å². The summed E-state index contributed by atoms with van der Waals surface area (Å²) in [5.74, 6) is 0.979. The number of hydrogen-bond acceptors (Lipinski definition) is 5. The van der Waals surface area contributed by atoms with Gasteiger partial charge in [-0.05, 0) is 13.0 Å². The molecule has 15 heavy (non-hydrogen) atoms. The number of rotatable bonds is 7. The zero-order valence-corrected chi connectivity index (χ0v) is 10.6. The highest BCUT2D eigenvalue weighted by Crippen LogP contribution is 2.15. The molecule has 0 amide bonds. The van der Waals surface area contributed by atoms with Crippen LogP contribution in [0.15, 0.2) is 0 Å². The predicted molar refractivity (Wildman–Crippen MR) is 65.7 cm³/mol. The molecule has 0 fully saturated rings. The molecule has 0 saturated carbocycles. The minimum absolute atomic E-state index is 0.979. The number of nitrogens with zero attached hydrogens (tertiary/aromatic N) is 3. The highest BCUT2D eigenvalue weighted by molar-refractivity contribution is 7.09. The van der Waals surface area contributed by atoms with Gasteiger partial charge in [0, 0.05) is 38.1 Å². The van der Waals surface area contributed by atoms with Crippen molar-refractivity contribution in [2.45, 2.75) is 26.7 Å². The van der Waals surface area contributed by atoms with Crippen molar-refractivity contribution < 1.29 is 0 Å². The van der Waals surface area contributed by atoms with Gasteiger partial charge < -0.3 is 10.2 Å². The Balaban J connectivity index is 2.39. The van der Waals surface area contributed by atoms with E-state index >= 15 is 0 Å². The van der Waals surface area contributed by atoms with E-state index in [0.29, 0.717) is 0 Å². The topological polar surface area (TPSA) is 41.1 Å². The summed E-state index contributed by atoms with van der Waals surface area (Å²) in [6, 6.07) is 0. The second-order valence-electron chi connectivity index (χ2n) is 3.52. The second kappa shape index (κ2) is 6.74. The van der Waals surface area contributed by atoms with Gasteiger partial charge in [-0.3, -0.25) is 0 Å². The summed E-state index contributed by atoms with van der Waals surface area (Å²) in [6.45, 7) is 7.26. The number of aromatic nitrogens is 2. The van der Waals surface area contributed by atoms with Gasteiger partial charge in [0.15, 0.2) is 0 Å². The molecule has 0 spiro atoms. The summed E-state index contributed by atoms with van der Waals surface area (Å²) in [7, 11) is 2.06. The van der Waals surface area contributed by atoms with Crippen molar-refractivity contribution in [2.75, 3.05) is 31.6 Å². The predicted octanol–water partition coefficient (Wildman–Crippen LogP) is 1.54. The van der Waals surface area contributed by atoms with E-state index in [1.165, 1.54) is 11.5 Å². The van der Waals surface area contributed by atoms with Crippen LogP contribution in [0.2, 0.25) is 0 Å². The van der Waals surface area contributed by atoms with Crippen LogP contribution in [0, 0.1) is 0 Å². The summed E-state index contributed by atoms with van der Waals surface area (Å²) >= 11 is 1.49. The van der Waals surface area contributed by atoms with E-state index in [4.69, 9.17) is 0 Å². The molecule has 0 aliphatic rings. The van der Waals surface area contributed by atoms with Crippen molar-refractivity contribution in [3.8, 4) is 0 Å². The quantitative estimate of drug-likeness (QED) is 0.719. The SMILES string of the molecule is CCCc1nsc(N(C)CCNCC)n1. The van der Waals surface area contributed by atoms with Crippen LogP contribution >= 0.6 is 11.5 Å². The molecule has 1 heterocycles. The van der Waals surface area contributed by atoms with Crippen molar-refractivity contribution in [2.24, 2.45) is 0 Å². The van der Waals surface area contributed by atoms with Gasteiger partial charge in [0.25, 0.3) is 0 Å². The Labute approximate surface area is 95.9 Å². The first-order valence-corrected chi connectivity index (χ1v) is 6.29. The van der Waals surface area contributed by atoms with Gasteiger partial charge in [0.1, 0.15) is 5.82 Å². The number of likely N-dealkylation sites (N-methyl/N-ethyl adjacent to an activating group) is 2. The molecule has 0 aliphatic carbocycles. The van der Waals surface area contributed by atoms with Crippen molar-refractivity contribution in [3.63, 3.8) is 0 Å². The fourth-order valence-corrected chi connectivity index (χ4v) is 1.94. The largest absolute Gasteiger partial charge is 0.349 e. The zero-order valence-electron chi connectivity index (χ0n) is 9.79. The fraction of sp³-hybridized carbons (Fsp3) is 0.800. The number of hydrogen-bond donors (Lipinski definition) is 1. The van der Waals surface area contributed by atoms with Crippen LogP contribution in [-0.2, 0) is 6.42 Å². The molecule has 0 bridgehead atoms. The van der Waals surface area contributed by atoms with E-state index in [1.54, 1.807) is 0 Å². The molecule has 0 atom stereocenters. The Morgan fingerprint density at radius 2 is 2.20 bits per heavy atom. The Hall–Kier alpha value is -0.680. The standard InChI is InChI=1S/C10H20N4S/c1-4-6-9-12-10(15-13-9)14(3)8-7-11-5-2/h11H,4-8H2,1-3H3. The molecular formula is C10H20N4S. The maximum Gasteiger partial charge on any atom is 0.204 e. The molecule has 86 valence electrons. The summed E-state index contributed by atoms with van der Waals surface area (Å²) in [4.78, 5) is 6.64. The zero-order chi connectivity index (χ0) is 11.1. The molecule has 0 radical (unpaired) electrons. The molecule has 0 aliphatic heterocycles. The molecule has 0 unspecified atom stereocenters. The third-order valence-corrected chi connectivity index (χ3v) is 3.00. The maximum atomic E-state index is 4.48. The summed E-state index contributed by atoms with van der Waals surface area (Å²) in [6.07, 6.45) is 2.09. The Morgan fingerprint density at radius 1 is 1.40 bits per heavy atom. The van der Waals surface area contributed by atoms with Crippen molar-refractivity contribution in [1.29, 1.82) is 0 Å². The van der Waals surface area contributed by atoms with Crippen LogP contribution in [0.4, 0.5) is 5.13 Å². The lowest BCUT2D eigenvalue weighted by atomic mass is 10.3. The molecule has 1 aromatic rings. The van der Waals surface area contributed by atoms with Crippen LogP contribution < -0.4 is 10.2 Å². The van der Waals surface area contributed by atoms with E-state index in [9.17, 15) is 0 Å². The molecule has 0 saturated heterocycles. The first kappa shape index (κ1) is 12.4. The molecule has 1 aromatic heterocycles. The highest BCUT2D eigenvalue weighted by atomic mass is 32.1. The summed E-state index contributed by atoms with van der Waals surface area (Å²) in [5.41, 5.74) is 0. The van der Waals surface area contributed by atoms with Gasteiger partial charge in [-0.2, -0.15) is 4.37 Å². The Morgan fingerprint density at radius 3 is 2.87 bits per heavy atom. The lowest BCUT2D eigenvalue weighted by Gasteiger charge is -2.14. The van der Waals surface area contributed by atoms with Crippen LogP contribution in [0.25, 0.3) is 0 Å². The van der Waals surface area contributed by atoms with Gasteiger partial charge in [-0.15, -0.1) is 0 Å². The van der Waals surface area contributed by atoms with Crippen LogP contribution in [-0.4, -0.2) is 36.0 Å². The molecule has 4 nitrogen and oxygen atoms in total. The fourth-order valence-electron chi connectivity index (χ4n) is 1.24. The van der Waals surface area contributed by atoms with E-state index in [1.807, 2.05) is 0 Å². The van der Waals surface area contributed by atoms with E-state index in [-0.39, 0.29) is 0 Å². The molecule has 0 aromatic carbocycles. The van der Waals surface area contributed by atoms with Gasteiger partial charge in [-0.25, -0.2) is 4.98 Å². The number of anilines is 1. The van der Waals surface area contributed by atoms with Gasteiger partial charge in [0.05, 0.1) is 0 Å². The molecule has 1 N–H and O–H groups in total. The molecule has 1 rings (SSSR count). The highest BCUT2D eigenvalue weighted by Gasteiger charge is 2.07. The van der Waals surface area contributed by atoms with Gasteiger partial charge in [0.2, 0.25) is 5.13 Å². The average molecular weight is 228 g/mol. The van der Waals surface area contributed by atoms with E-state index in [2.05, 4.69) is 40.5 Å². The maximum absolute atomic E-state index is 4.48. The number of nitrogens with one attached hydrogen (secondary N) is 1. The summed E-state index contributed by atoms with van der Waals surface area (Å²) < 4.78 is 4.32. The van der Waals surface area contributed by atoms with Crippen LogP contribution in [0.5, 0.6) is 0 Å². The molecule has 5 heteroatoms. The second-order valence-corrected chi connectivity index (χ2v) is 4.25. The number of aryl methyl sites for hydroxylation is 1.